The van der Waals surface area contributed by atoms with E-state index in [1.54, 1.807) is 24.4 Å². The molecule has 1 fully saturated rings. The van der Waals surface area contributed by atoms with Gasteiger partial charge in [0.25, 0.3) is 0 Å². The molecule has 1 nitrogen and oxygen atoms in total. The average Bonchev–Trinajstić information content (AvgIpc) is 2.47. The van der Waals surface area contributed by atoms with Crippen LogP contribution in [0, 0.1) is 0 Å². The topological polar surface area (TPSA) is 12.9 Å². The predicted molar refractivity (Wildman–Crippen MR) is 60.6 cm³/mol. The lowest BCUT2D eigenvalue weighted by Gasteiger charge is -2.07. The molecule has 1 saturated carbocycles. The summed E-state index contributed by atoms with van der Waals surface area (Å²) in [4.78, 5) is 2.79. The molecule has 0 N–H and O–H groups in total. The Kier molecular flexibility index (Phi) is 2.42. The van der Waals surface area contributed by atoms with Crippen molar-refractivity contribution in [1.29, 1.82) is 0 Å². The number of rotatable bonds is 1. The van der Waals surface area contributed by atoms with Crippen molar-refractivity contribution >= 4 is 58.0 Å². The van der Waals surface area contributed by atoms with Gasteiger partial charge in [0.2, 0.25) is 0 Å². The van der Waals surface area contributed by atoms with Gasteiger partial charge >= 0.3 is 0 Å². The normalized spacial score (nSPS) is 25.8. The van der Waals surface area contributed by atoms with Crippen molar-refractivity contribution in [2.24, 2.45) is 0 Å². The molecule has 2 rings (SSSR count). The standard InChI is InChI=1S/C8H4Cl5N/c9-6(5-3-1-2-4-14-5)7(10,11)8(6,12)13/h1-4H. The molecule has 0 bridgehead atoms. The Morgan fingerprint density at radius 1 is 0.929 bits per heavy atom. The lowest BCUT2D eigenvalue weighted by Crippen LogP contribution is -2.10. The summed E-state index contributed by atoms with van der Waals surface area (Å²) in [5.41, 5.74) is 0.469. The van der Waals surface area contributed by atoms with Crippen LogP contribution in [0.15, 0.2) is 24.4 Å². The predicted octanol–water partition coefficient (Wildman–Crippen LogP) is 3.88. The van der Waals surface area contributed by atoms with Crippen molar-refractivity contribution in [3.63, 3.8) is 0 Å². The Morgan fingerprint density at radius 3 is 1.86 bits per heavy atom. The average molecular weight is 291 g/mol. The van der Waals surface area contributed by atoms with E-state index in [4.69, 9.17) is 58.0 Å². The highest BCUT2D eigenvalue weighted by Crippen LogP contribution is 2.79. The summed E-state index contributed by atoms with van der Waals surface area (Å²) >= 11 is 29.8. The minimum absolute atomic E-state index is 0.469. The second-order valence-electron chi connectivity index (χ2n) is 3.02. The van der Waals surface area contributed by atoms with E-state index in [-0.39, 0.29) is 0 Å². The fourth-order valence-electron chi connectivity index (χ4n) is 1.27. The number of nitrogens with zero attached hydrogens (tertiary/aromatic N) is 1. The van der Waals surface area contributed by atoms with E-state index in [2.05, 4.69) is 4.98 Å². The van der Waals surface area contributed by atoms with Gasteiger partial charge in [-0.1, -0.05) is 52.5 Å². The van der Waals surface area contributed by atoms with E-state index in [0.29, 0.717) is 5.69 Å². The summed E-state index contributed by atoms with van der Waals surface area (Å²) in [5.74, 6) is 0. The summed E-state index contributed by atoms with van der Waals surface area (Å²) < 4.78 is -2.84. The van der Waals surface area contributed by atoms with Crippen molar-refractivity contribution in [3.8, 4) is 0 Å². The Morgan fingerprint density at radius 2 is 1.50 bits per heavy atom. The van der Waals surface area contributed by atoms with Crippen LogP contribution < -0.4 is 0 Å². The van der Waals surface area contributed by atoms with Gasteiger partial charge < -0.3 is 0 Å². The molecule has 0 spiro atoms. The molecule has 76 valence electrons. The molecule has 0 atom stereocenters. The van der Waals surface area contributed by atoms with Gasteiger partial charge in [0.1, 0.15) is 0 Å². The minimum Gasteiger partial charge on any atom is -0.259 e. The van der Waals surface area contributed by atoms with Crippen molar-refractivity contribution in [2.75, 3.05) is 0 Å². The summed E-state index contributed by atoms with van der Waals surface area (Å²) in [6.45, 7) is 0. The zero-order valence-corrected chi connectivity index (χ0v) is 10.4. The van der Waals surface area contributed by atoms with Crippen LogP contribution in [0.25, 0.3) is 0 Å². The fourth-order valence-corrected chi connectivity index (χ4v) is 3.34. The first-order valence-corrected chi connectivity index (χ1v) is 5.61. The first kappa shape index (κ1) is 11.1. The molecule has 6 heteroatoms. The molecule has 0 aromatic carbocycles. The fraction of sp³-hybridized carbons (Fsp3) is 0.375. The largest absolute Gasteiger partial charge is 0.259 e. The van der Waals surface area contributed by atoms with Crippen molar-refractivity contribution in [3.05, 3.63) is 30.1 Å². The first-order chi connectivity index (χ1) is 6.36. The third kappa shape index (κ3) is 1.08. The Bertz CT molecular complexity index is 347. The summed E-state index contributed by atoms with van der Waals surface area (Å²) in [6.07, 6.45) is 1.57. The van der Waals surface area contributed by atoms with Crippen LogP contribution in [0.2, 0.25) is 0 Å². The molecule has 0 radical (unpaired) electrons. The van der Waals surface area contributed by atoms with E-state index in [1.165, 1.54) is 0 Å². The van der Waals surface area contributed by atoms with Gasteiger partial charge in [-0.15, -0.1) is 11.6 Å². The van der Waals surface area contributed by atoms with E-state index in [0.717, 1.165) is 0 Å². The van der Waals surface area contributed by atoms with Crippen molar-refractivity contribution in [1.82, 2.24) is 4.98 Å². The van der Waals surface area contributed by atoms with Crippen LogP contribution in [-0.4, -0.2) is 13.7 Å². The zero-order chi connectivity index (χ0) is 10.6. The number of alkyl halides is 5. The smallest absolute Gasteiger partial charge is 0.180 e. The minimum atomic E-state index is -1.42. The van der Waals surface area contributed by atoms with E-state index < -0.39 is 13.5 Å². The maximum absolute atomic E-state index is 6.16. The van der Waals surface area contributed by atoms with Crippen LogP contribution in [-0.2, 0) is 4.87 Å². The monoisotopic (exact) mass is 289 g/mol. The maximum Gasteiger partial charge on any atom is 0.180 e. The third-order valence-electron chi connectivity index (χ3n) is 2.21. The lowest BCUT2D eigenvalue weighted by molar-refractivity contribution is 0.912. The highest BCUT2D eigenvalue weighted by molar-refractivity contribution is 6.74. The molecule has 14 heavy (non-hydrogen) atoms. The van der Waals surface area contributed by atoms with E-state index in [9.17, 15) is 0 Å². The van der Waals surface area contributed by atoms with Crippen LogP contribution in [0.5, 0.6) is 0 Å². The van der Waals surface area contributed by atoms with Gasteiger partial charge in [-0.25, -0.2) is 0 Å². The van der Waals surface area contributed by atoms with Gasteiger partial charge in [-0.2, -0.15) is 0 Å². The molecule has 1 aromatic rings. The molecule has 1 aliphatic rings. The highest BCUT2D eigenvalue weighted by atomic mass is 35.5. The SMILES string of the molecule is ClC1(Cl)C(Cl)(Cl)C1(Cl)c1ccccn1. The van der Waals surface area contributed by atoms with Crippen LogP contribution in [0.1, 0.15) is 5.69 Å². The molecule has 0 unspecified atom stereocenters. The zero-order valence-electron chi connectivity index (χ0n) is 6.65. The second-order valence-corrected chi connectivity index (χ2v) is 6.24. The molecular weight excluding hydrogens is 287 g/mol. The van der Waals surface area contributed by atoms with Crippen molar-refractivity contribution in [2.45, 2.75) is 13.5 Å². The highest BCUT2D eigenvalue weighted by Gasteiger charge is 2.88. The van der Waals surface area contributed by atoms with Crippen LogP contribution >= 0.6 is 58.0 Å². The Balaban J connectivity index is 2.48. The van der Waals surface area contributed by atoms with E-state index in [1.807, 2.05) is 0 Å². The van der Waals surface area contributed by atoms with Gasteiger partial charge in [0, 0.05) is 6.20 Å². The lowest BCUT2D eigenvalue weighted by atomic mass is 10.2. The summed E-state index contributed by atoms with van der Waals surface area (Å²) in [5, 5.41) is 0. The van der Waals surface area contributed by atoms with E-state index >= 15 is 0 Å². The number of aromatic nitrogens is 1. The third-order valence-corrected chi connectivity index (χ3v) is 6.02. The molecular formula is C8H4Cl5N. The first-order valence-electron chi connectivity index (χ1n) is 3.72. The number of hydrogen-bond donors (Lipinski definition) is 0. The maximum atomic E-state index is 6.16. The summed E-state index contributed by atoms with van der Waals surface area (Å²) in [6, 6.07) is 5.19. The number of pyridine rings is 1. The second kappa shape index (κ2) is 3.05. The summed E-state index contributed by atoms with van der Waals surface area (Å²) in [7, 11) is 0. The molecule has 0 saturated heterocycles. The quantitative estimate of drug-likeness (QED) is 0.716. The van der Waals surface area contributed by atoms with Gasteiger partial charge in [-0.3, -0.25) is 4.98 Å². The molecule has 0 aliphatic heterocycles. The van der Waals surface area contributed by atoms with Crippen LogP contribution in [0.3, 0.4) is 0 Å². The number of hydrogen-bond acceptors (Lipinski definition) is 1. The van der Waals surface area contributed by atoms with Crippen LogP contribution in [0.4, 0.5) is 0 Å². The van der Waals surface area contributed by atoms with Crippen molar-refractivity contribution < 1.29 is 0 Å². The number of halogens is 5. The van der Waals surface area contributed by atoms with Gasteiger partial charge in [-0.05, 0) is 12.1 Å². The van der Waals surface area contributed by atoms with Gasteiger partial charge in [0.05, 0.1) is 5.69 Å². The molecule has 0 amide bonds. The Labute approximate surface area is 106 Å². The molecule has 1 heterocycles. The molecule has 1 aliphatic carbocycles. The van der Waals surface area contributed by atoms with Gasteiger partial charge in [0.15, 0.2) is 13.5 Å². The molecule has 1 aromatic heterocycles. The Hall–Kier alpha value is 0.600.